The Balaban J connectivity index is 1.95. The summed E-state index contributed by atoms with van der Waals surface area (Å²) in [7, 11) is 0. The van der Waals surface area contributed by atoms with Crippen molar-refractivity contribution in [1.29, 1.82) is 5.26 Å². The molecule has 6 heteroatoms. The predicted molar refractivity (Wildman–Crippen MR) is 86.6 cm³/mol. The van der Waals surface area contributed by atoms with E-state index < -0.39 is 0 Å². The smallest absolute Gasteiger partial charge is 0.245 e. The molecule has 1 aromatic carbocycles. The topological polar surface area (TPSA) is 79.5 Å². The maximum Gasteiger partial charge on any atom is 0.245 e. The number of thioether (sulfide) groups is 1. The number of hydrogen-bond donors (Lipinski definition) is 0. The third kappa shape index (κ3) is 3.42. The van der Waals surface area contributed by atoms with Crippen molar-refractivity contribution in [1.82, 2.24) is 15.0 Å². The van der Waals surface area contributed by atoms with Crippen molar-refractivity contribution in [3.8, 4) is 17.3 Å². The molecule has 0 fully saturated rings. The summed E-state index contributed by atoms with van der Waals surface area (Å²) in [5, 5.41) is 9.29. The van der Waals surface area contributed by atoms with Crippen molar-refractivity contribution in [2.75, 3.05) is 0 Å². The zero-order chi connectivity index (χ0) is 16.1. The lowest BCUT2D eigenvalue weighted by Crippen LogP contribution is -2.00. The van der Waals surface area contributed by atoms with Crippen LogP contribution in [0.2, 0.25) is 0 Å². The van der Waals surface area contributed by atoms with E-state index in [2.05, 4.69) is 21.0 Å². The van der Waals surface area contributed by atoms with Crippen molar-refractivity contribution >= 4 is 16.9 Å². The van der Waals surface area contributed by atoms with Gasteiger partial charge in [0.25, 0.3) is 0 Å². The van der Waals surface area contributed by atoms with E-state index in [-0.39, 0.29) is 10.8 Å². The van der Waals surface area contributed by atoms with Crippen LogP contribution in [0.15, 0.2) is 66.1 Å². The maximum atomic E-state index is 12.2. The van der Waals surface area contributed by atoms with Gasteiger partial charge >= 0.3 is 0 Å². The van der Waals surface area contributed by atoms with Gasteiger partial charge in [0, 0.05) is 18.0 Å². The number of pyridine rings is 1. The lowest BCUT2D eigenvalue weighted by molar-refractivity contribution is 0.108. The maximum absolute atomic E-state index is 12.2. The largest absolute Gasteiger partial charge is 0.279 e. The highest BCUT2D eigenvalue weighted by atomic mass is 32.2. The molecule has 0 amide bonds. The van der Waals surface area contributed by atoms with E-state index in [0.717, 1.165) is 17.3 Å². The third-order valence-corrected chi connectivity index (χ3v) is 3.91. The molecule has 0 spiro atoms. The van der Waals surface area contributed by atoms with E-state index in [1.165, 1.54) is 18.6 Å². The van der Waals surface area contributed by atoms with Gasteiger partial charge in [0.15, 0.2) is 0 Å². The Hall–Kier alpha value is -3.04. The standard InChI is InChI=1S/C17H10N4OS/c18-10-13-6-7-14(12-4-2-1-3-5-12)21-16(13)23-17(22)15-11-19-8-9-20-15/h1-9,11H. The van der Waals surface area contributed by atoms with Crippen LogP contribution in [0.1, 0.15) is 16.1 Å². The van der Waals surface area contributed by atoms with Gasteiger partial charge in [-0.25, -0.2) is 9.97 Å². The van der Waals surface area contributed by atoms with Gasteiger partial charge in [0.2, 0.25) is 5.12 Å². The highest BCUT2D eigenvalue weighted by Crippen LogP contribution is 2.27. The Morgan fingerprint density at radius 3 is 2.61 bits per heavy atom. The number of carbonyl (C=O) groups excluding carboxylic acids is 1. The van der Waals surface area contributed by atoms with Crippen molar-refractivity contribution in [3.05, 3.63) is 72.3 Å². The first-order valence-electron chi connectivity index (χ1n) is 6.72. The molecular weight excluding hydrogens is 308 g/mol. The van der Waals surface area contributed by atoms with Crippen LogP contribution in [-0.2, 0) is 0 Å². The van der Waals surface area contributed by atoms with Gasteiger partial charge in [-0.3, -0.25) is 9.78 Å². The highest BCUT2D eigenvalue weighted by molar-refractivity contribution is 8.14. The molecule has 0 unspecified atom stereocenters. The van der Waals surface area contributed by atoms with Crippen molar-refractivity contribution in [3.63, 3.8) is 0 Å². The normalized spacial score (nSPS) is 10.0. The summed E-state index contributed by atoms with van der Waals surface area (Å²) >= 11 is 0.882. The molecule has 0 radical (unpaired) electrons. The molecule has 23 heavy (non-hydrogen) atoms. The van der Waals surface area contributed by atoms with E-state index in [0.29, 0.717) is 16.3 Å². The first-order valence-corrected chi connectivity index (χ1v) is 7.54. The third-order valence-electron chi connectivity index (χ3n) is 3.01. The summed E-state index contributed by atoms with van der Waals surface area (Å²) in [6.45, 7) is 0. The Morgan fingerprint density at radius 2 is 1.91 bits per heavy atom. The minimum Gasteiger partial charge on any atom is -0.279 e. The molecule has 0 aliphatic carbocycles. The van der Waals surface area contributed by atoms with E-state index in [1.807, 2.05) is 30.3 Å². The van der Waals surface area contributed by atoms with Gasteiger partial charge < -0.3 is 0 Å². The van der Waals surface area contributed by atoms with Crippen molar-refractivity contribution in [2.24, 2.45) is 0 Å². The molecule has 3 aromatic rings. The second-order valence-corrected chi connectivity index (χ2v) is 5.47. The number of hydrogen-bond acceptors (Lipinski definition) is 6. The zero-order valence-electron chi connectivity index (χ0n) is 11.9. The number of nitrogens with zero attached hydrogens (tertiary/aromatic N) is 4. The Labute approximate surface area is 137 Å². The fraction of sp³-hybridized carbons (Fsp3) is 0. The number of rotatable bonds is 3. The minimum absolute atomic E-state index is 0.230. The monoisotopic (exact) mass is 318 g/mol. The molecule has 3 rings (SSSR count). The average Bonchev–Trinajstić information content (AvgIpc) is 2.63. The first kappa shape index (κ1) is 14.9. The second kappa shape index (κ2) is 6.81. The van der Waals surface area contributed by atoms with Gasteiger partial charge in [-0.2, -0.15) is 5.26 Å². The number of nitriles is 1. The molecule has 2 aromatic heterocycles. The molecule has 0 bridgehead atoms. The second-order valence-electron chi connectivity index (χ2n) is 4.51. The van der Waals surface area contributed by atoms with Gasteiger partial charge in [0.1, 0.15) is 16.8 Å². The molecule has 0 saturated heterocycles. The lowest BCUT2D eigenvalue weighted by atomic mass is 10.1. The average molecular weight is 318 g/mol. The zero-order valence-corrected chi connectivity index (χ0v) is 12.7. The van der Waals surface area contributed by atoms with Crippen LogP contribution in [0.3, 0.4) is 0 Å². The Bertz CT molecular complexity index is 876. The number of benzene rings is 1. The van der Waals surface area contributed by atoms with E-state index in [4.69, 9.17) is 0 Å². The van der Waals surface area contributed by atoms with E-state index in [9.17, 15) is 10.1 Å². The van der Waals surface area contributed by atoms with Gasteiger partial charge in [-0.15, -0.1) is 0 Å². The Kier molecular flexibility index (Phi) is 4.41. The predicted octanol–water partition coefficient (Wildman–Crippen LogP) is 3.34. The summed E-state index contributed by atoms with van der Waals surface area (Å²) < 4.78 is 0. The summed E-state index contributed by atoms with van der Waals surface area (Å²) in [5.41, 5.74) is 2.21. The fourth-order valence-electron chi connectivity index (χ4n) is 1.92. The van der Waals surface area contributed by atoms with Crippen LogP contribution in [0.25, 0.3) is 11.3 Å². The van der Waals surface area contributed by atoms with Crippen LogP contribution < -0.4 is 0 Å². The summed E-state index contributed by atoms with van der Waals surface area (Å²) in [5.74, 6) is 0. The lowest BCUT2D eigenvalue weighted by Gasteiger charge is -2.05. The first-order chi connectivity index (χ1) is 11.3. The quantitative estimate of drug-likeness (QED) is 0.689. The van der Waals surface area contributed by atoms with Crippen LogP contribution >= 0.6 is 11.8 Å². The molecule has 2 heterocycles. The van der Waals surface area contributed by atoms with Crippen molar-refractivity contribution in [2.45, 2.75) is 5.03 Å². The molecule has 0 N–H and O–H groups in total. The number of aromatic nitrogens is 3. The molecule has 0 saturated carbocycles. The minimum atomic E-state index is -0.299. The molecule has 5 nitrogen and oxygen atoms in total. The van der Waals surface area contributed by atoms with E-state index >= 15 is 0 Å². The highest BCUT2D eigenvalue weighted by Gasteiger charge is 2.15. The summed E-state index contributed by atoms with van der Waals surface area (Å²) in [6, 6.07) is 15.1. The Morgan fingerprint density at radius 1 is 1.09 bits per heavy atom. The van der Waals surface area contributed by atoms with Gasteiger partial charge in [-0.05, 0) is 23.9 Å². The molecule has 110 valence electrons. The van der Waals surface area contributed by atoms with Gasteiger partial charge in [-0.1, -0.05) is 30.3 Å². The summed E-state index contributed by atoms with van der Waals surface area (Å²) in [4.78, 5) is 24.5. The molecular formula is C17H10N4OS. The van der Waals surface area contributed by atoms with Crippen molar-refractivity contribution < 1.29 is 4.79 Å². The number of carbonyl (C=O) groups is 1. The molecule has 0 aliphatic heterocycles. The molecule has 0 atom stereocenters. The van der Waals surface area contributed by atoms with E-state index in [1.54, 1.807) is 12.1 Å². The fourth-order valence-corrected chi connectivity index (χ4v) is 2.67. The summed E-state index contributed by atoms with van der Waals surface area (Å²) in [6.07, 6.45) is 4.34. The SMILES string of the molecule is N#Cc1ccc(-c2ccccc2)nc1SC(=O)c1cnccn1. The van der Waals surface area contributed by atoms with Gasteiger partial charge in [0.05, 0.1) is 17.5 Å². The molecule has 0 aliphatic rings. The van der Waals surface area contributed by atoms with Crippen LogP contribution in [0.4, 0.5) is 0 Å². The van der Waals surface area contributed by atoms with Crippen LogP contribution in [0.5, 0.6) is 0 Å². The van der Waals surface area contributed by atoms with Crippen LogP contribution in [-0.4, -0.2) is 20.1 Å². The van der Waals surface area contributed by atoms with Crippen LogP contribution in [0, 0.1) is 11.3 Å².